The first-order valence-electron chi connectivity index (χ1n) is 7.28. The Balaban J connectivity index is 2.88. The van der Waals surface area contributed by atoms with Crippen LogP contribution in [0.3, 0.4) is 0 Å². The number of carbonyl (C=O) groups excluding carboxylic acids is 1. The van der Waals surface area contributed by atoms with Crippen molar-refractivity contribution >= 4 is 17.7 Å². The van der Waals surface area contributed by atoms with Crippen molar-refractivity contribution in [3.8, 4) is 0 Å². The fourth-order valence-electron chi connectivity index (χ4n) is 2.14. The van der Waals surface area contributed by atoms with E-state index in [0.29, 0.717) is 12.8 Å². The zero-order valence-corrected chi connectivity index (χ0v) is 13.1. The molecule has 116 valence electrons. The van der Waals surface area contributed by atoms with Crippen LogP contribution in [0.15, 0.2) is 24.3 Å². The van der Waals surface area contributed by atoms with Gasteiger partial charge in [-0.2, -0.15) is 0 Å². The smallest absolute Gasteiger partial charge is 0.329 e. The summed E-state index contributed by atoms with van der Waals surface area (Å²) in [5, 5.41) is 12.0. The summed E-state index contributed by atoms with van der Waals surface area (Å²) in [6.07, 6.45) is 1.62. The van der Waals surface area contributed by atoms with Gasteiger partial charge in [0.15, 0.2) is 0 Å². The number of aryl methyl sites for hydroxylation is 1. The molecule has 0 fully saturated rings. The second-order valence-electron chi connectivity index (χ2n) is 5.10. The molecule has 2 amide bonds. The molecule has 0 radical (unpaired) electrons. The molecule has 0 heterocycles. The largest absolute Gasteiger partial charge is 0.480 e. The molecular formula is C16H24N2O3. The maximum absolute atomic E-state index is 12.3. The zero-order valence-electron chi connectivity index (χ0n) is 13.1. The lowest BCUT2D eigenvalue weighted by Crippen LogP contribution is -2.56. The SMILES string of the molecule is CCc1ccc(N(C)C(=O)NC(CC)(CC)C(=O)O)cc1. The van der Waals surface area contributed by atoms with Gasteiger partial charge in [-0.15, -0.1) is 0 Å². The molecule has 21 heavy (non-hydrogen) atoms. The number of amides is 2. The predicted molar refractivity (Wildman–Crippen MR) is 83.7 cm³/mol. The summed E-state index contributed by atoms with van der Waals surface area (Å²) < 4.78 is 0. The number of urea groups is 1. The number of carboxylic acids is 1. The normalized spacial score (nSPS) is 11.0. The first-order chi connectivity index (χ1) is 9.90. The molecule has 0 aliphatic rings. The number of hydrogen-bond acceptors (Lipinski definition) is 2. The second-order valence-corrected chi connectivity index (χ2v) is 5.10. The van der Waals surface area contributed by atoms with Crippen LogP contribution in [0.5, 0.6) is 0 Å². The van der Waals surface area contributed by atoms with E-state index < -0.39 is 17.5 Å². The minimum absolute atomic E-state index is 0.340. The summed E-state index contributed by atoms with van der Waals surface area (Å²) in [5.74, 6) is -1.00. The molecule has 1 rings (SSSR count). The van der Waals surface area contributed by atoms with E-state index in [0.717, 1.165) is 12.1 Å². The van der Waals surface area contributed by atoms with Gasteiger partial charge in [-0.05, 0) is 37.0 Å². The van der Waals surface area contributed by atoms with Crippen molar-refractivity contribution in [3.63, 3.8) is 0 Å². The molecule has 0 saturated carbocycles. The van der Waals surface area contributed by atoms with Crippen LogP contribution in [-0.2, 0) is 11.2 Å². The average Bonchev–Trinajstić information content (AvgIpc) is 2.51. The first-order valence-corrected chi connectivity index (χ1v) is 7.28. The van der Waals surface area contributed by atoms with Crippen LogP contribution < -0.4 is 10.2 Å². The van der Waals surface area contributed by atoms with E-state index in [4.69, 9.17) is 0 Å². The number of hydrogen-bond donors (Lipinski definition) is 2. The Kier molecular flexibility index (Phi) is 5.76. The van der Waals surface area contributed by atoms with Gasteiger partial charge < -0.3 is 10.4 Å². The third-order valence-electron chi connectivity index (χ3n) is 4.00. The Labute approximate surface area is 126 Å². The molecule has 1 aromatic carbocycles. The highest BCUT2D eigenvalue weighted by Crippen LogP contribution is 2.18. The minimum atomic E-state index is -1.21. The molecule has 5 heteroatoms. The van der Waals surface area contributed by atoms with Crippen molar-refractivity contribution in [3.05, 3.63) is 29.8 Å². The van der Waals surface area contributed by atoms with Gasteiger partial charge >= 0.3 is 12.0 Å². The quantitative estimate of drug-likeness (QED) is 0.846. The molecule has 5 nitrogen and oxygen atoms in total. The third-order valence-corrected chi connectivity index (χ3v) is 4.00. The van der Waals surface area contributed by atoms with E-state index in [-0.39, 0.29) is 0 Å². The van der Waals surface area contributed by atoms with E-state index >= 15 is 0 Å². The highest BCUT2D eigenvalue weighted by Gasteiger charge is 2.37. The summed E-state index contributed by atoms with van der Waals surface area (Å²) >= 11 is 0. The van der Waals surface area contributed by atoms with Crippen LogP contribution in [0.1, 0.15) is 39.2 Å². The average molecular weight is 292 g/mol. The van der Waals surface area contributed by atoms with E-state index in [1.807, 2.05) is 24.3 Å². The Bertz CT molecular complexity index is 493. The zero-order chi connectivity index (χ0) is 16.0. The summed E-state index contributed by atoms with van der Waals surface area (Å²) in [7, 11) is 1.63. The van der Waals surface area contributed by atoms with Crippen LogP contribution in [0.25, 0.3) is 0 Å². The van der Waals surface area contributed by atoms with Gasteiger partial charge in [0.25, 0.3) is 0 Å². The van der Waals surface area contributed by atoms with Crippen LogP contribution >= 0.6 is 0 Å². The van der Waals surface area contributed by atoms with Crippen LogP contribution in [0.2, 0.25) is 0 Å². The summed E-state index contributed by atoms with van der Waals surface area (Å²) in [6, 6.07) is 7.23. The summed E-state index contributed by atoms with van der Waals surface area (Å²) in [5.41, 5.74) is 0.708. The van der Waals surface area contributed by atoms with E-state index in [1.54, 1.807) is 20.9 Å². The van der Waals surface area contributed by atoms with Gasteiger partial charge in [0.05, 0.1) is 0 Å². The number of anilines is 1. The van der Waals surface area contributed by atoms with Crippen LogP contribution in [0.4, 0.5) is 10.5 Å². The molecule has 2 N–H and O–H groups in total. The van der Waals surface area contributed by atoms with Gasteiger partial charge in [-0.25, -0.2) is 9.59 Å². The number of nitrogens with one attached hydrogen (secondary N) is 1. The highest BCUT2D eigenvalue weighted by molar-refractivity contribution is 5.95. The number of benzene rings is 1. The predicted octanol–water partition coefficient (Wildman–Crippen LogP) is 3.04. The molecule has 0 atom stereocenters. The molecule has 0 aliphatic carbocycles. The van der Waals surface area contributed by atoms with E-state index in [1.165, 1.54) is 10.5 Å². The van der Waals surface area contributed by atoms with Crippen molar-refractivity contribution in [1.82, 2.24) is 5.32 Å². The molecule has 0 aliphatic heterocycles. The van der Waals surface area contributed by atoms with Crippen molar-refractivity contribution in [2.24, 2.45) is 0 Å². The molecule has 0 unspecified atom stereocenters. The number of aliphatic carboxylic acids is 1. The second kappa shape index (κ2) is 7.11. The topological polar surface area (TPSA) is 69.6 Å². The first kappa shape index (κ1) is 17.0. The number of nitrogens with zero attached hydrogens (tertiary/aromatic N) is 1. The van der Waals surface area contributed by atoms with Crippen molar-refractivity contribution in [2.75, 3.05) is 11.9 Å². The Morgan fingerprint density at radius 3 is 2.05 bits per heavy atom. The number of carboxylic acid groups (broad SMARTS) is 1. The molecule has 0 spiro atoms. The van der Waals surface area contributed by atoms with Gasteiger partial charge in [0, 0.05) is 12.7 Å². The van der Waals surface area contributed by atoms with Gasteiger partial charge in [-0.1, -0.05) is 32.9 Å². The maximum Gasteiger partial charge on any atom is 0.329 e. The highest BCUT2D eigenvalue weighted by atomic mass is 16.4. The summed E-state index contributed by atoms with van der Waals surface area (Å²) in [4.78, 5) is 25.1. The Morgan fingerprint density at radius 2 is 1.67 bits per heavy atom. The van der Waals surface area contributed by atoms with Crippen molar-refractivity contribution in [1.29, 1.82) is 0 Å². The molecule has 0 bridgehead atoms. The van der Waals surface area contributed by atoms with Crippen molar-refractivity contribution in [2.45, 2.75) is 45.6 Å². The Hall–Kier alpha value is -2.04. The summed E-state index contributed by atoms with van der Waals surface area (Å²) in [6.45, 7) is 5.58. The van der Waals surface area contributed by atoms with Crippen LogP contribution in [0, 0.1) is 0 Å². The minimum Gasteiger partial charge on any atom is -0.480 e. The van der Waals surface area contributed by atoms with Crippen LogP contribution in [-0.4, -0.2) is 29.7 Å². The van der Waals surface area contributed by atoms with E-state index in [2.05, 4.69) is 12.2 Å². The van der Waals surface area contributed by atoms with E-state index in [9.17, 15) is 14.7 Å². The van der Waals surface area contributed by atoms with Gasteiger partial charge in [0.2, 0.25) is 0 Å². The molecule has 1 aromatic rings. The molecule has 0 aromatic heterocycles. The fourth-order valence-corrected chi connectivity index (χ4v) is 2.14. The van der Waals surface area contributed by atoms with Gasteiger partial charge in [0.1, 0.15) is 5.54 Å². The van der Waals surface area contributed by atoms with Gasteiger partial charge in [-0.3, -0.25) is 4.90 Å². The lowest BCUT2D eigenvalue weighted by Gasteiger charge is -2.30. The lowest BCUT2D eigenvalue weighted by molar-refractivity contribution is -0.144. The third kappa shape index (κ3) is 3.74. The number of carbonyl (C=O) groups is 2. The molecule has 0 saturated heterocycles. The molecular weight excluding hydrogens is 268 g/mol. The standard InChI is InChI=1S/C16H24N2O3/c1-5-12-8-10-13(11-9-12)18(4)15(21)17-16(6-2,7-3)14(19)20/h8-11H,5-7H2,1-4H3,(H,17,21)(H,19,20). The maximum atomic E-state index is 12.3. The monoisotopic (exact) mass is 292 g/mol. The van der Waals surface area contributed by atoms with Crippen molar-refractivity contribution < 1.29 is 14.7 Å². The number of rotatable bonds is 6. The lowest BCUT2D eigenvalue weighted by atomic mass is 9.93. The Morgan fingerprint density at radius 1 is 1.14 bits per heavy atom. The fraction of sp³-hybridized carbons (Fsp3) is 0.500.